The summed E-state index contributed by atoms with van der Waals surface area (Å²) in [7, 11) is 4.35. The number of hydrogen-bond acceptors (Lipinski definition) is 1. The van der Waals surface area contributed by atoms with Crippen molar-refractivity contribution in [2.45, 2.75) is 116 Å². The van der Waals surface area contributed by atoms with Crippen LogP contribution in [0.5, 0.6) is 0 Å². The molecule has 0 spiro atoms. The first-order chi connectivity index (χ1) is 10.8. The van der Waals surface area contributed by atoms with Crippen LogP contribution in [-0.2, 0) is 0 Å². The predicted molar refractivity (Wildman–Crippen MR) is 113 cm³/mol. The van der Waals surface area contributed by atoms with Gasteiger partial charge in [-0.15, -0.1) is 17.0 Å². The van der Waals surface area contributed by atoms with Crippen LogP contribution in [0.4, 0.5) is 0 Å². The fraction of sp³-hybridized carbons (Fsp3) is 1.00. The molecule has 0 fully saturated rings. The van der Waals surface area contributed by atoms with Crippen molar-refractivity contribution in [2.24, 2.45) is 0 Å². The van der Waals surface area contributed by atoms with Crippen molar-refractivity contribution >= 4 is 17.0 Å². The summed E-state index contributed by atoms with van der Waals surface area (Å²) in [6.45, 7) is 3.56. The third kappa shape index (κ3) is 24.8. The van der Waals surface area contributed by atoms with Crippen LogP contribution in [0.2, 0.25) is 0 Å². The number of hydrogen-bond donors (Lipinski definition) is 0. The van der Waals surface area contributed by atoms with Gasteiger partial charge in [-0.1, -0.05) is 110 Å². The highest BCUT2D eigenvalue weighted by Crippen LogP contribution is 2.13. The predicted octanol–water partition coefficient (Wildman–Crippen LogP) is 7.78. The molecule has 0 aromatic carbocycles. The van der Waals surface area contributed by atoms with E-state index in [0.29, 0.717) is 0 Å². The average Bonchev–Trinajstić information content (AvgIpc) is 2.50. The van der Waals surface area contributed by atoms with Gasteiger partial charge in [0.05, 0.1) is 0 Å². The second-order valence-electron chi connectivity index (χ2n) is 7.46. The Hall–Kier alpha value is 0.440. The monoisotopic (exact) mass is 391 g/mol. The maximum Gasteiger partial charge on any atom is -0.00248 e. The summed E-state index contributed by atoms with van der Waals surface area (Å²) >= 11 is 0. The van der Waals surface area contributed by atoms with Gasteiger partial charge in [-0.2, -0.15) is 0 Å². The Labute approximate surface area is 158 Å². The second kappa shape index (κ2) is 22.4. The Morgan fingerprint density at radius 1 is 0.435 bits per heavy atom. The van der Waals surface area contributed by atoms with E-state index in [4.69, 9.17) is 0 Å². The van der Waals surface area contributed by atoms with Crippen molar-refractivity contribution < 1.29 is 0 Å². The molecule has 23 heavy (non-hydrogen) atoms. The molecular weight excluding hydrogens is 346 g/mol. The normalized spacial score (nSPS) is 11.0. The van der Waals surface area contributed by atoms with Crippen molar-refractivity contribution in [2.75, 3.05) is 20.6 Å². The van der Waals surface area contributed by atoms with Crippen molar-refractivity contribution in [1.29, 1.82) is 0 Å². The Bertz CT molecular complexity index is 194. The molecule has 0 N–H and O–H groups in total. The molecule has 0 rings (SSSR count). The van der Waals surface area contributed by atoms with E-state index in [1.54, 1.807) is 0 Å². The van der Waals surface area contributed by atoms with Crippen LogP contribution in [0.15, 0.2) is 0 Å². The standard InChI is InChI=1S/C21H45N.BrH/c1-4-5-6-7-8-9-10-11-12-13-14-15-16-17-18-19-20-21-22(2)3;/h4-21H2,1-3H3;1H. The molecule has 0 aliphatic heterocycles. The van der Waals surface area contributed by atoms with Gasteiger partial charge in [0.1, 0.15) is 0 Å². The molecular formula is C21H46BrN. The van der Waals surface area contributed by atoms with Crippen molar-refractivity contribution in [1.82, 2.24) is 4.90 Å². The minimum Gasteiger partial charge on any atom is -0.309 e. The lowest BCUT2D eigenvalue weighted by Crippen LogP contribution is -2.12. The van der Waals surface area contributed by atoms with E-state index < -0.39 is 0 Å². The van der Waals surface area contributed by atoms with Crippen LogP contribution in [0.1, 0.15) is 116 Å². The molecule has 1 nitrogen and oxygen atoms in total. The minimum absolute atomic E-state index is 0. The molecule has 0 amide bonds. The molecule has 0 heterocycles. The molecule has 0 saturated carbocycles. The van der Waals surface area contributed by atoms with E-state index in [9.17, 15) is 0 Å². The third-order valence-electron chi connectivity index (χ3n) is 4.71. The lowest BCUT2D eigenvalue weighted by Gasteiger charge is -2.08. The summed E-state index contributed by atoms with van der Waals surface area (Å²) in [6, 6.07) is 0. The van der Waals surface area contributed by atoms with Gasteiger partial charge in [0.25, 0.3) is 0 Å². The zero-order chi connectivity index (χ0) is 16.3. The van der Waals surface area contributed by atoms with Gasteiger partial charge in [-0.05, 0) is 27.1 Å². The van der Waals surface area contributed by atoms with Gasteiger partial charge in [-0.25, -0.2) is 0 Å². The van der Waals surface area contributed by atoms with E-state index in [-0.39, 0.29) is 17.0 Å². The molecule has 0 saturated heterocycles. The van der Waals surface area contributed by atoms with Gasteiger partial charge < -0.3 is 4.90 Å². The smallest absolute Gasteiger partial charge is 0.00248 e. The van der Waals surface area contributed by atoms with Crippen LogP contribution < -0.4 is 0 Å². The van der Waals surface area contributed by atoms with Gasteiger partial charge in [0.2, 0.25) is 0 Å². The molecule has 0 bridgehead atoms. The zero-order valence-electron chi connectivity index (χ0n) is 16.6. The van der Waals surface area contributed by atoms with Gasteiger partial charge in [0, 0.05) is 0 Å². The highest BCUT2D eigenvalue weighted by atomic mass is 79.9. The number of unbranched alkanes of at least 4 members (excludes halogenated alkanes) is 16. The first-order valence-corrected chi connectivity index (χ1v) is 10.4. The molecule has 0 aromatic heterocycles. The minimum atomic E-state index is 0. The summed E-state index contributed by atoms with van der Waals surface area (Å²) < 4.78 is 0. The van der Waals surface area contributed by atoms with E-state index in [0.717, 1.165) is 0 Å². The molecule has 0 aliphatic rings. The SMILES string of the molecule is Br.CCCCCCCCCCCCCCCCCCCN(C)C. The summed E-state index contributed by atoms with van der Waals surface area (Å²) in [5, 5.41) is 0. The van der Waals surface area contributed by atoms with Gasteiger partial charge in [-0.3, -0.25) is 0 Å². The summed E-state index contributed by atoms with van der Waals surface area (Å²) in [5.41, 5.74) is 0. The third-order valence-corrected chi connectivity index (χ3v) is 4.71. The Morgan fingerprint density at radius 3 is 0.957 bits per heavy atom. The quantitative estimate of drug-likeness (QED) is 0.215. The fourth-order valence-electron chi connectivity index (χ4n) is 3.15. The summed E-state index contributed by atoms with van der Waals surface area (Å²) in [6.07, 6.45) is 24.8. The lowest BCUT2D eigenvalue weighted by molar-refractivity contribution is 0.389. The second-order valence-corrected chi connectivity index (χ2v) is 7.46. The highest BCUT2D eigenvalue weighted by Gasteiger charge is 1.95. The first kappa shape index (κ1) is 25.7. The Balaban J connectivity index is 0. The Morgan fingerprint density at radius 2 is 0.696 bits per heavy atom. The molecule has 0 aromatic rings. The zero-order valence-corrected chi connectivity index (χ0v) is 18.3. The van der Waals surface area contributed by atoms with Crippen molar-refractivity contribution in [3.63, 3.8) is 0 Å². The Kier molecular flexibility index (Phi) is 25.1. The van der Waals surface area contributed by atoms with Crippen LogP contribution in [-0.4, -0.2) is 25.5 Å². The highest BCUT2D eigenvalue weighted by molar-refractivity contribution is 8.93. The van der Waals surface area contributed by atoms with E-state index in [1.165, 1.54) is 116 Å². The van der Waals surface area contributed by atoms with Crippen LogP contribution >= 0.6 is 17.0 Å². The number of halogens is 1. The van der Waals surface area contributed by atoms with Crippen LogP contribution in [0, 0.1) is 0 Å². The molecule has 0 aliphatic carbocycles. The maximum absolute atomic E-state index is 2.30. The molecule has 0 unspecified atom stereocenters. The average molecular weight is 393 g/mol. The fourth-order valence-corrected chi connectivity index (χ4v) is 3.15. The van der Waals surface area contributed by atoms with Crippen molar-refractivity contribution in [3.8, 4) is 0 Å². The topological polar surface area (TPSA) is 3.24 Å². The van der Waals surface area contributed by atoms with E-state index >= 15 is 0 Å². The molecule has 0 radical (unpaired) electrons. The van der Waals surface area contributed by atoms with Gasteiger partial charge in [0.15, 0.2) is 0 Å². The summed E-state index contributed by atoms with van der Waals surface area (Å²) in [5.74, 6) is 0. The molecule has 0 atom stereocenters. The first-order valence-electron chi connectivity index (χ1n) is 10.4. The number of nitrogens with zero attached hydrogens (tertiary/aromatic N) is 1. The van der Waals surface area contributed by atoms with Crippen molar-refractivity contribution in [3.05, 3.63) is 0 Å². The van der Waals surface area contributed by atoms with E-state index in [2.05, 4.69) is 25.9 Å². The summed E-state index contributed by atoms with van der Waals surface area (Å²) in [4.78, 5) is 2.30. The van der Waals surface area contributed by atoms with Crippen LogP contribution in [0.25, 0.3) is 0 Å². The van der Waals surface area contributed by atoms with Gasteiger partial charge >= 0.3 is 0 Å². The molecule has 142 valence electrons. The maximum atomic E-state index is 2.30. The lowest BCUT2D eigenvalue weighted by atomic mass is 10.0. The van der Waals surface area contributed by atoms with E-state index in [1.807, 2.05) is 0 Å². The largest absolute Gasteiger partial charge is 0.309 e. The molecule has 2 heteroatoms. The van der Waals surface area contributed by atoms with Crippen LogP contribution in [0.3, 0.4) is 0 Å². The number of rotatable bonds is 18.